The predicted octanol–water partition coefficient (Wildman–Crippen LogP) is 1.12. The molecule has 0 aliphatic carbocycles. The van der Waals surface area contributed by atoms with E-state index in [1.165, 1.54) is 6.26 Å². The zero-order valence-corrected chi connectivity index (χ0v) is 10.3. The monoisotopic (exact) mass is 258 g/mol. The molecule has 2 rings (SSSR count). The highest BCUT2D eigenvalue weighted by Crippen LogP contribution is 2.20. The third-order valence-corrected chi connectivity index (χ3v) is 3.11. The second-order valence-electron chi connectivity index (χ2n) is 4.13. The number of morpholine rings is 1. The Bertz CT molecular complexity index is 405. The lowest BCUT2D eigenvalue weighted by atomic mass is 10.1. The van der Waals surface area contributed by atoms with Crippen LogP contribution < -0.4 is 5.73 Å². The molecular formula is C11H15ClN2O3. The molecule has 1 aromatic rings. The van der Waals surface area contributed by atoms with Gasteiger partial charge in [-0.15, -0.1) is 0 Å². The summed E-state index contributed by atoms with van der Waals surface area (Å²) in [4.78, 5) is 13.8. The Morgan fingerprint density at radius 2 is 2.47 bits per heavy atom. The Morgan fingerprint density at radius 3 is 3.06 bits per heavy atom. The van der Waals surface area contributed by atoms with Crippen LogP contribution in [0.5, 0.6) is 0 Å². The molecule has 17 heavy (non-hydrogen) atoms. The van der Waals surface area contributed by atoms with E-state index in [0.29, 0.717) is 25.3 Å². The Kier molecular flexibility index (Phi) is 3.71. The van der Waals surface area contributed by atoms with Gasteiger partial charge < -0.3 is 19.8 Å². The third kappa shape index (κ3) is 2.62. The van der Waals surface area contributed by atoms with E-state index in [1.54, 1.807) is 11.0 Å². The molecule has 1 aliphatic rings. The van der Waals surface area contributed by atoms with E-state index < -0.39 is 0 Å². The van der Waals surface area contributed by atoms with Crippen molar-refractivity contribution in [2.45, 2.75) is 19.1 Å². The smallest absolute Gasteiger partial charge is 0.258 e. The average Bonchev–Trinajstić information content (AvgIpc) is 2.74. The number of nitrogens with zero attached hydrogens (tertiary/aromatic N) is 1. The molecule has 2 N–H and O–H groups in total. The minimum atomic E-state index is -0.141. The summed E-state index contributed by atoms with van der Waals surface area (Å²) in [7, 11) is 0. The summed E-state index contributed by atoms with van der Waals surface area (Å²) >= 11 is 5.78. The summed E-state index contributed by atoms with van der Waals surface area (Å²) < 4.78 is 10.4. The van der Waals surface area contributed by atoms with Crippen LogP contribution in [0.2, 0.25) is 5.22 Å². The van der Waals surface area contributed by atoms with Crippen molar-refractivity contribution in [3.8, 4) is 0 Å². The minimum absolute atomic E-state index is 0.106. The zero-order chi connectivity index (χ0) is 12.4. The Morgan fingerprint density at radius 1 is 1.71 bits per heavy atom. The highest BCUT2D eigenvalue weighted by atomic mass is 35.5. The van der Waals surface area contributed by atoms with Crippen LogP contribution in [0.15, 0.2) is 16.7 Å². The zero-order valence-electron chi connectivity index (χ0n) is 9.56. The SMILES string of the molecule is CC(N)C1CN(C(=O)c2ccoc2Cl)CCO1. The van der Waals surface area contributed by atoms with Crippen molar-refractivity contribution in [1.29, 1.82) is 0 Å². The predicted molar refractivity (Wildman–Crippen MR) is 63.0 cm³/mol. The van der Waals surface area contributed by atoms with Crippen molar-refractivity contribution in [2.24, 2.45) is 5.73 Å². The van der Waals surface area contributed by atoms with Crippen molar-refractivity contribution in [2.75, 3.05) is 19.7 Å². The van der Waals surface area contributed by atoms with Crippen molar-refractivity contribution in [1.82, 2.24) is 4.90 Å². The molecule has 1 aromatic heterocycles. The Hall–Kier alpha value is -1.04. The van der Waals surface area contributed by atoms with Gasteiger partial charge in [-0.3, -0.25) is 4.79 Å². The largest absolute Gasteiger partial charge is 0.452 e. The van der Waals surface area contributed by atoms with Gasteiger partial charge in [-0.05, 0) is 24.6 Å². The molecule has 1 fully saturated rings. The number of hydrogen-bond donors (Lipinski definition) is 1. The molecule has 1 saturated heterocycles. The number of carbonyl (C=O) groups excluding carboxylic acids is 1. The summed E-state index contributed by atoms with van der Waals surface area (Å²) in [6.45, 7) is 3.39. The van der Waals surface area contributed by atoms with Crippen molar-refractivity contribution in [3.05, 3.63) is 23.1 Å². The lowest BCUT2D eigenvalue weighted by Crippen LogP contribution is -2.51. The molecule has 2 atom stereocenters. The van der Waals surface area contributed by atoms with Gasteiger partial charge in [0.2, 0.25) is 5.22 Å². The van der Waals surface area contributed by atoms with Gasteiger partial charge in [0.25, 0.3) is 5.91 Å². The summed E-state index contributed by atoms with van der Waals surface area (Å²) in [5.74, 6) is -0.141. The van der Waals surface area contributed by atoms with E-state index in [2.05, 4.69) is 0 Å². The van der Waals surface area contributed by atoms with Gasteiger partial charge in [-0.25, -0.2) is 0 Å². The fourth-order valence-corrected chi connectivity index (χ4v) is 1.99. The Labute approximate surface area is 104 Å². The number of furan rings is 1. The maximum absolute atomic E-state index is 12.1. The summed E-state index contributed by atoms with van der Waals surface area (Å²) in [6.07, 6.45) is 1.28. The lowest BCUT2D eigenvalue weighted by molar-refractivity contribution is -0.0300. The first-order valence-electron chi connectivity index (χ1n) is 5.49. The van der Waals surface area contributed by atoms with Crippen LogP contribution in [-0.2, 0) is 4.74 Å². The first-order valence-corrected chi connectivity index (χ1v) is 5.87. The molecule has 0 spiro atoms. The number of rotatable bonds is 2. The third-order valence-electron chi connectivity index (χ3n) is 2.82. The van der Waals surface area contributed by atoms with Gasteiger partial charge in [0.1, 0.15) is 0 Å². The van der Waals surface area contributed by atoms with Gasteiger partial charge in [0, 0.05) is 19.1 Å². The fraction of sp³-hybridized carbons (Fsp3) is 0.545. The van der Waals surface area contributed by atoms with Crippen LogP contribution >= 0.6 is 11.6 Å². The Balaban J connectivity index is 2.07. The molecule has 94 valence electrons. The van der Waals surface area contributed by atoms with E-state index in [9.17, 15) is 4.79 Å². The van der Waals surface area contributed by atoms with Crippen LogP contribution in [-0.4, -0.2) is 42.6 Å². The number of hydrogen-bond acceptors (Lipinski definition) is 4. The van der Waals surface area contributed by atoms with Crippen molar-refractivity contribution >= 4 is 17.5 Å². The molecule has 5 nitrogen and oxygen atoms in total. The van der Waals surface area contributed by atoms with Crippen LogP contribution in [0.3, 0.4) is 0 Å². The fourth-order valence-electron chi connectivity index (χ4n) is 1.79. The molecule has 6 heteroatoms. The van der Waals surface area contributed by atoms with Gasteiger partial charge in [0.15, 0.2) is 0 Å². The molecular weight excluding hydrogens is 244 g/mol. The van der Waals surface area contributed by atoms with Gasteiger partial charge in [-0.1, -0.05) is 0 Å². The maximum atomic E-state index is 12.1. The minimum Gasteiger partial charge on any atom is -0.452 e. The summed E-state index contributed by atoms with van der Waals surface area (Å²) in [5.41, 5.74) is 6.16. The molecule has 0 bridgehead atoms. The second-order valence-corrected chi connectivity index (χ2v) is 4.47. The molecule has 0 aromatic carbocycles. The number of nitrogens with two attached hydrogens (primary N) is 1. The molecule has 2 heterocycles. The van der Waals surface area contributed by atoms with Crippen LogP contribution in [0.1, 0.15) is 17.3 Å². The first-order chi connectivity index (χ1) is 8.09. The van der Waals surface area contributed by atoms with Crippen molar-refractivity contribution in [3.63, 3.8) is 0 Å². The van der Waals surface area contributed by atoms with Gasteiger partial charge in [0.05, 0.1) is 24.5 Å². The van der Waals surface area contributed by atoms with E-state index in [4.69, 9.17) is 26.5 Å². The van der Waals surface area contributed by atoms with E-state index in [1.807, 2.05) is 6.92 Å². The van der Waals surface area contributed by atoms with Crippen LogP contribution in [0, 0.1) is 0 Å². The summed E-state index contributed by atoms with van der Waals surface area (Å²) in [5, 5.41) is 0.124. The average molecular weight is 259 g/mol. The van der Waals surface area contributed by atoms with Crippen molar-refractivity contribution < 1.29 is 13.9 Å². The molecule has 0 saturated carbocycles. The van der Waals surface area contributed by atoms with E-state index in [-0.39, 0.29) is 23.3 Å². The van der Waals surface area contributed by atoms with Gasteiger partial charge >= 0.3 is 0 Å². The lowest BCUT2D eigenvalue weighted by Gasteiger charge is -2.34. The second kappa shape index (κ2) is 5.08. The molecule has 0 radical (unpaired) electrons. The van der Waals surface area contributed by atoms with Crippen LogP contribution in [0.25, 0.3) is 0 Å². The molecule has 2 unspecified atom stereocenters. The van der Waals surface area contributed by atoms with Gasteiger partial charge in [-0.2, -0.15) is 0 Å². The summed E-state index contributed by atoms with van der Waals surface area (Å²) in [6, 6.07) is 1.46. The maximum Gasteiger partial charge on any atom is 0.258 e. The highest BCUT2D eigenvalue weighted by Gasteiger charge is 2.28. The van der Waals surface area contributed by atoms with E-state index in [0.717, 1.165) is 0 Å². The molecule has 1 aliphatic heterocycles. The topological polar surface area (TPSA) is 68.7 Å². The standard InChI is InChI=1S/C11H15ClN2O3/c1-7(13)9-6-14(3-5-16-9)11(15)8-2-4-17-10(8)12/h2,4,7,9H,3,5-6,13H2,1H3. The number of halogens is 1. The molecule has 1 amide bonds. The normalized spacial score (nSPS) is 22.5. The first kappa shape index (κ1) is 12.4. The number of carbonyl (C=O) groups is 1. The van der Waals surface area contributed by atoms with Crippen LogP contribution in [0.4, 0.5) is 0 Å². The number of amides is 1. The number of ether oxygens (including phenoxy) is 1. The quantitative estimate of drug-likeness (QED) is 0.863. The van der Waals surface area contributed by atoms with E-state index >= 15 is 0 Å². The highest BCUT2D eigenvalue weighted by molar-refractivity contribution is 6.32.